The molecule has 4 fully saturated rings. The monoisotopic (exact) mass is 953 g/mol. The number of hydrogen-bond donors (Lipinski definition) is 6. The molecular weight excluding hydrogens is 877 g/mol. The third kappa shape index (κ3) is 15.0. The zero-order chi connectivity index (χ0) is 48.9. The number of hydrogen-bond acceptors (Lipinski definition) is 14. The molecule has 0 unspecified atom stereocenters. The third-order valence-corrected chi connectivity index (χ3v) is 14.0. The average molecular weight is 953 g/mol. The molecule has 15 nitrogen and oxygen atoms in total. The minimum absolute atomic E-state index is 0.000574. The lowest BCUT2D eigenvalue weighted by atomic mass is 9.85. The zero-order valence-electron chi connectivity index (χ0n) is 40.1. The lowest BCUT2D eigenvalue weighted by Gasteiger charge is -2.43. The molecule has 0 aromatic heterocycles. The van der Waals surface area contributed by atoms with Gasteiger partial charge in [0.25, 0.3) is 0 Å². The molecule has 7 heterocycles. The number of carbonyl (C=O) groups is 2. The molecule has 0 spiro atoms. The summed E-state index contributed by atoms with van der Waals surface area (Å²) in [5.74, 6) is -1.32. The summed E-state index contributed by atoms with van der Waals surface area (Å²) in [4.78, 5) is 24.1. The van der Waals surface area contributed by atoms with Gasteiger partial charge in [-0.15, -0.1) is 0 Å². The van der Waals surface area contributed by atoms with Gasteiger partial charge in [-0.25, -0.2) is 4.79 Å². The molecule has 378 valence electrons. The first kappa shape index (κ1) is 53.8. The number of carbonyl (C=O) groups excluding carboxylic acids is 1. The molecule has 0 aliphatic carbocycles. The molecule has 0 aromatic rings. The van der Waals surface area contributed by atoms with Gasteiger partial charge in [-0.1, -0.05) is 106 Å². The van der Waals surface area contributed by atoms with Gasteiger partial charge in [0.15, 0.2) is 12.4 Å². The molecule has 7 rings (SSSR count). The molecule has 68 heavy (non-hydrogen) atoms. The normalized spacial score (nSPS) is 44.2. The minimum Gasteiger partial charge on any atom is -0.481 e. The number of carboxylic acids is 1. The summed E-state index contributed by atoms with van der Waals surface area (Å²) in [6, 6.07) is 0. The summed E-state index contributed by atoms with van der Waals surface area (Å²) in [6.07, 6.45) is 20.1. The first-order valence-corrected chi connectivity index (χ1v) is 24.7. The highest BCUT2D eigenvalue weighted by molar-refractivity contribution is 5.82. The Bertz CT molecular complexity index is 1870. The van der Waals surface area contributed by atoms with Crippen LogP contribution in [-0.4, -0.2) is 147 Å². The van der Waals surface area contributed by atoms with Crippen molar-refractivity contribution < 1.29 is 73.4 Å². The molecule has 20 atom stereocenters. The predicted octanol–water partition coefficient (Wildman–Crippen LogP) is 5.65. The SMILES string of the molecule is C/C(=C\[C@H](C)CCCCC(=O)O)[C@@H]1O[C@@H]2C=C[C@@H]1OC(=O)\C=C/C=C\C=C\[C@H]1O[C@@H]3C[C@H]1O[C@@H](/C=C/C[C@H]1O[C@H](C[C@H](O)[C@H]1C)[C@@H](O)[C@@H](O[C@@H]1O[C@H](C)[C@@H](O)[C@H](O)[C@H]1O)/C=C/CC/C=C/C2)[C@@H]3C. The van der Waals surface area contributed by atoms with Crippen LogP contribution in [0.25, 0.3) is 0 Å². The van der Waals surface area contributed by atoms with Crippen LogP contribution in [0.1, 0.15) is 98.8 Å². The van der Waals surface area contributed by atoms with Crippen molar-refractivity contribution >= 4 is 11.9 Å². The first-order valence-electron chi connectivity index (χ1n) is 24.7. The number of carboxylic acid groups (broad SMARTS) is 1. The Hall–Kier alpha value is -3.58. The van der Waals surface area contributed by atoms with E-state index in [9.17, 15) is 35.1 Å². The maximum absolute atomic E-state index is 13.1. The third-order valence-electron chi connectivity index (χ3n) is 14.0. The molecule has 0 saturated carbocycles. The van der Waals surface area contributed by atoms with Gasteiger partial charge in [0.2, 0.25) is 0 Å². The molecule has 15 heteroatoms. The van der Waals surface area contributed by atoms with Crippen molar-refractivity contribution in [3.05, 3.63) is 96.7 Å². The highest BCUT2D eigenvalue weighted by atomic mass is 16.7. The van der Waals surface area contributed by atoms with Crippen molar-refractivity contribution in [2.24, 2.45) is 17.8 Å². The van der Waals surface area contributed by atoms with Crippen molar-refractivity contribution in [2.75, 3.05) is 0 Å². The van der Waals surface area contributed by atoms with Crippen molar-refractivity contribution in [1.29, 1.82) is 0 Å². The van der Waals surface area contributed by atoms with E-state index in [1.807, 2.05) is 74.6 Å². The summed E-state index contributed by atoms with van der Waals surface area (Å²) in [7, 11) is 0. The standard InChI is InChI=1S/C53H76O15/c1-31(18-15-16-24-46(55)56)28-32(2)52-42-27-26-36(63-52)19-11-7-6-8-13-21-41(68-53-51(61)50(60)48(58)35(5)62-53)49(59)45-29-37(54)33(3)38(65-45)22-17-23-39-34(4)43-30-44(64-39)40(66-43)20-12-9-10-14-25-47(57)67-42/h7,9-14,17,20-21,23,25-28,31,33-45,48-54,58-61H,6,8,15-16,18-19,22,24,29-30H2,1-5H3,(H,55,56)/b10-9-,11-7+,20-12+,21-13+,23-17+,25-14-,32-28+/t31-,33-,34+,35-,36+,37+,38-,39+,40-,41+,42+,43-,44-,45-,48-,49+,50+,51-,52+,53+/m1/s1. The van der Waals surface area contributed by atoms with Crippen LogP contribution in [0.15, 0.2) is 96.7 Å². The second-order valence-electron chi connectivity index (χ2n) is 19.4. The number of allylic oxidation sites excluding steroid dienone is 7. The van der Waals surface area contributed by atoms with Crippen LogP contribution < -0.4 is 0 Å². The molecular formula is C53H76O15. The number of aliphatic hydroxyl groups is 5. The van der Waals surface area contributed by atoms with E-state index in [0.717, 1.165) is 24.8 Å². The van der Waals surface area contributed by atoms with Crippen LogP contribution in [0.3, 0.4) is 0 Å². The molecule has 0 amide bonds. The van der Waals surface area contributed by atoms with E-state index in [4.69, 9.17) is 38.3 Å². The molecule has 0 radical (unpaired) electrons. The molecule has 4 saturated heterocycles. The van der Waals surface area contributed by atoms with Crippen LogP contribution in [-0.2, 0) is 42.7 Å². The summed E-state index contributed by atoms with van der Waals surface area (Å²) in [5.41, 5.74) is 0.912. The number of aliphatic carboxylic acids is 1. The Morgan fingerprint density at radius 3 is 2.26 bits per heavy atom. The molecule has 7 aliphatic heterocycles. The second kappa shape index (κ2) is 26.0. The van der Waals surface area contributed by atoms with Crippen LogP contribution >= 0.6 is 0 Å². The number of fused-ring (bicyclic) bond motifs is 13. The maximum atomic E-state index is 13.1. The largest absolute Gasteiger partial charge is 0.481 e. The van der Waals surface area contributed by atoms with E-state index in [-0.39, 0.29) is 61.1 Å². The molecule has 6 N–H and O–H groups in total. The summed E-state index contributed by atoms with van der Waals surface area (Å²) < 4.78 is 43.9. The van der Waals surface area contributed by atoms with Gasteiger partial charge in [0, 0.05) is 37.2 Å². The highest BCUT2D eigenvalue weighted by Crippen LogP contribution is 2.39. The molecule has 0 aromatic carbocycles. The quantitative estimate of drug-likeness (QED) is 0.0935. The van der Waals surface area contributed by atoms with Crippen molar-refractivity contribution in [3.63, 3.8) is 0 Å². The fourth-order valence-corrected chi connectivity index (χ4v) is 9.78. The Morgan fingerprint density at radius 1 is 0.706 bits per heavy atom. The van der Waals surface area contributed by atoms with Gasteiger partial charge >= 0.3 is 11.9 Å². The fraction of sp³-hybridized carbons (Fsp3) is 0.660. The van der Waals surface area contributed by atoms with Gasteiger partial charge < -0.3 is 63.8 Å². The maximum Gasteiger partial charge on any atom is 0.331 e. The predicted molar refractivity (Wildman–Crippen MR) is 253 cm³/mol. The minimum atomic E-state index is -1.59. The molecule has 7 aliphatic rings. The van der Waals surface area contributed by atoms with Gasteiger partial charge in [0.05, 0.1) is 48.8 Å². The number of ether oxygens (including phenoxy) is 7. The molecule has 7 bridgehead atoms. The number of aliphatic hydroxyl groups excluding tert-OH is 5. The van der Waals surface area contributed by atoms with Crippen molar-refractivity contribution in [1.82, 2.24) is 0 Å². The topological polar surface area (TPSA) is 220 Å². The Balaban J connectivity index is 1.21. The van der Waals surface area contributed by atoms with Gasteiger partial charge in [-0.05, 0) is 69.9 Å². The van der Waals surface area contributed by atoms with E-state index in [2.05, 4.69) is 19.9 Å². The Morgan fingerprint density at radius 2 is 1.47 bits per heavy atom. The fourth-order valence-electron chi connectivity index (χ4n) is 9.78. The smallest absolute Gasteiger partial charge is 0.331 e. The van der Waals surface area contributed by atoms with Crippen molar-refractivity contribution in [2.45, 2.75) is 203 Å². The average Bonchev–Trinajstić information content (AvgIpc) is 3.66. The van der Waals surface area contributed by atoms with Crippen molar-refractivity contribution in [3.8, 4) is 0 Å². The second-order valence-corrected chi connectivity index (χ2v) is 19.4. The first-order chi connectivity index (χ1) is 32.6. The van der Waals surface area contributed by atoms with E-state index in [0.29, 0.717) is 32.1 Å². The Kier molecular flexibility index (Phi) is 20.6. The van der Waals surface area contributed by atoms with Crippen LogP contribution in [0.5, 0.6) is 0 Å². The van der Waals surface area contributed by atoms with E-state index in [1.165, 1.54) is 6.08 Å². The lowest BCUT2D eigenvalue weighted by molar-refractivity contribution is -0.309. The van der Waals surface area contributed by atoms with Gasteiger partial charge in [-0.3, -0.25) is 4.79 Å². The summed E-state index contributed by atoms with van der Waals surface area (Å²) in [6.45, 7) is 9.62. The van der Waals surface area contributed by atoms with E-state index < -0.39 is 85.4 Å². The van der Waals surface area contributed by atoms with Crippen LogP contribution in [0.4, 0.5) is 0 Å². The van der Waals surface area contributed by atoms with Gasteiger partial charge in [0.1, 0.15) is 42.7 Å². The number of rotatable bonds is 9. The van der Waals surface area contributed by atoms with Crippen LogP contribution in [0.2, 0.25) is 0 Å². The highest BCUT2D eigenvalue weighted by Gasteiger charge is 2.47. The summed E-state index contributed by atoms with van der Waals surface area (Å²) >= 11 is 0. The zero-order valence-corrected chi connectivity index (χ0v) is 40.1. The van der Waals surface area contributed by atoms with E-state index in [1.54, 1.807) is 25.2 Å². The van der Waals surface area contributed by atoms with E-state index >= 15 is 0 Å². The van der Waals surface area contributed by atoms with Gasteiger partial charge in [-0.2, -0.15) is 0 Å². The summed E-state index contributed by atoms with van der Waals surface area (Å²) in [5, 5.41) is 63.9. The number of unbranched alkanes of at least 4 members (excludes halogenated alkanes) is 1. The number of esters is 1. The Labute approximate surface area is 401 Å². The lowest BCUT2D eigenvalue weighted by Crippen LogP contribution is -2.59. The van der Waals surface area contributed by atoms with Crippen LogP contribution in [0, 0.1) is 17.8 Å².